The van der Waals surface area contributed by atoms with Gasteiger partial charge in [0.05, 0.1) is 4.92 Å². The minimum Gasteiger partial charge on any atom is -0.372 e. The van der Waals surface area contributed by atoms with Crippen molar-refractivity contribution < 1.29 is 13.3 Å². The first-order valence-corrected chi connectivity index (χ1v) is 8.71. The maximum absolute atomic E-state index is 12.5. The standard InChI is InChI=1S/C11H17N3O4S2/c1-3-12-11-9(14(15)16)7-10(19-11)20(17,18)13(4-2)8-5-6-8/h7-8,12H,3-6H2,1-2H3. The molecule has 7 nitrogen and oxygen atoms in total. The highest BCUT2D eigenvalue weighted by molar-refractivity contribution is 7.91. The Labute approximate surface area is 121 Å². The van der Waals surface area contributed by atoms with Crippen molar-refractivity contribution in [3.05, 3.63) is 16.2 Å². The van der Waals surface area contributed by atoms with Crippen molar-refractivity contribution in [3.8, 4) is 0 Å². The molecule has 0 atom stereocenters. The first-order chi connectivity index (χ1) is 9.41. The molecule has 1 aromatic heterocycles. The average Bonchev–Trinajstić information content (AvgIpc) is 3.09. The maximum Gasteiger partial charge on any atom is 0.304 e. The minimum absolute atomic E-state index is 0.0360. The molecular formula is C11H17N3O4S2. The van der Waals surface area contributed by atoms with Crippen molar-refractivity contribution >= 4 is 32.0 Å². The fraction of sp³-hybridized carbons (Fsp3) is 0.636. The molecule has 0 saturated heterocycles. The lowest BCUT2D eigenvalue weighted by molar-refractivity contribution is -0.383. The van der Waals surface area contributed by atoms with Gasteiger partial charge >= 0.3 is 5.69 Å². The second kappa shape index (κ2) is 5.66. The number of nitrogens with zero attached hydrogens (tertiary/aromatic N) is 2. The minimum atomic E-state index is -3.63. The van der Waals surface area contributed by atoms with Crippen molar-refractivity contribution in [3.63, 3.8) is 0 Å². The van der Waals surface area contributed by atoms with E-state index in [9.17, 15) is 18.5 Å². The molecule has 1 aliphatic carbocycles. The summed E-state index contributed by atoms with van der Waals surface area (Å²) in [4.78, 5) is 10.4. The Morgan fingerprint density at radius 2 is 2.15 bits per heavy atom. The Bertz CT molecular complexity index is 607. The van der Waals surface area contributed by atoms with E-state index >= 15 is 0 Å². The van der Waals surface area contributed by atoms with E-state index in [4.69, 9.17) is 0 Å². The monoisotopic (exact) mass is 319 g/mol. The third kappa shape index (κ3) is 2.79. The molecule has 112 valence electrons. The smallest absolute Gasteiger partial charge is 0.304 e. The van der Waals surface area contributed by atoms with Gasteiger partial charge in [0.1, 0.15) is 4.21 Å². The van der Waals surface area contributed by atoms with E-state index in [2.05, 4.69) is 5.32 Å². The second-order valence-corrected chi connectivity index (χ2v) is 7.68. The van der Waals surface area contributed by atoms with E-state index in [1.165, 1.54) is 4.31 Å². The molecule has 2 rings (SSSR count). The fourth-order valence-corrected chi connectivity index (χ4v) is 5.23. The van der Waals surface area contributed by atoms with Gasteiger partial charge in [0.2, 0.25) is 0 Å². The Morgan fingerprint density at radius 3 is 2.60 bits per heavy atom. The zero-order valence-electron chi connectivity index (χ0n) is 11.3. The van der Waals surface area contributed by atoms with Crippen LogP contribution in [-0.4, -0.2) is 36.8 Å². The first-order valence-electron chi connectivity index (χ1n) is 6.45. The number of hydrogen-bond donors (Lipinski definition) is 1. The number of anilines is 1. The van der Waals surface area contributed by atoms with Crippen LogP contribution in [0.15, 0.2) is 10.3 Å². The predicted molar refractivity (Wildman–Crippen MR) is 77.7 cm³/mol. The van der Waals surface area contributed by atoms with Crippen LogP contribution < -0.4 is 5.32 Å². The van der Waals surface area contributed by atoms with Crippen LogP contribution in [-0.2, 0) is 10.0 Å². The quantitative estimate of drug-likeness (QED) is 0.614. The van der Waals surface area contributed by atoms with Crippen LogP contribution in [0.1, 0.15) is 26.7 Å². The van der Waals surface area contributed by atoms with Gasteiger partial charge in [-0.15, -0.1) is 0 Å². The molecule has 0 unspecified atom stereocenters. The Balaban J connectivity index is 2.41. The lowest BCUT2D eigenvalue weighted by Crippen LogP contribution is -2.32. The molecule has 0 aliphatic heterocycles. The highest BCUT2D eigenvalue weighted by Gasteiger charge is 2.39. The van der Waals surface area contributed by atoms with Gasteiger partial charge in [-0.2, -0.15) is 4.31 Å². The van der Waals surface area contributed by atoms with E-state index in [0.717, 1.165) is 30.2 Å². The molecule has 0 radical (unpaired) electrons. The first kappa shape index (κ1) is 15.2. The summed E-state index contributed by atoms with van der Waals surface area (Å²) in [7, 11) is -3.63. The summed E-state index contributed by atoms with van der Waals surface area (Å²) in [5.74, 6) is 0. The summed E-state index contributed by atoms with van der Waals surface area (Å²) in [6.07, 6.45) is 1.72. The fourth-order valence-electron chi connectivity index (χ4n) is 2.01. The van der Waals surface area contributed by atoms with E-state index in [-0.39, 0.29) is 15.9 Å². The van der Waals surface area contributed by atoms with Crippen molar-refractivity contribution in [1.82, 2.24) is 4.31 Å². The van der Waals surface area contributed by atoms with Gasteiger partial charge in [-0.25, -0.2) is 8.42 Å². The largest absolute Gasteiger partial charge is 0.372 e. The van der Waals surface area contributed by atoms with Crippen LogP contribution in [0, 0.1) is 10.1 Å². The van der Waals surface area contributed by atoms with E-state index in [0.29, 0.717) is 18.1 Å². The number of sulfonamides is 1. The van der Waals surface area contributed by atoms with Crippen molar-refractivity contribution in [2.75, 3.05) is 18.4 Å². The molecular weight excluding hydrogens is 302 g/mol. The SMILES string of the molecule is CCNc1sc(S(=O)(=O)N(CC)C2CC2)cc1[N+](=O)[O-]. The Kier molecular flexibility index (Phi) is 4.31. The lowest BCUT2D eigenvalue weighted by atomic mass is 10.5. The summed E-state index contributed by atoms with van der Waals surface area (Å²) >= 11 is 0.926. The normalized spacial score (nSPS) is 15.6. The number of nitrogens with one attached hydrogen (secondary N) is 1. The molecule has 1 saturated carbocycles. The van der Waals surface area contributed by atoms with Crippen LogP contribution >= 0.6 is 11.3 Å². The molecule has 1 aliphatic rings. The van der Waals surface area contributed by atoms with Crippen LogP contribution in [0.25, 0.3) is 0 Å². The van der Waals surface area contributed by atoms with Gasteiger partial charge in [-0.05, 0) is 19.8 Å². The highest BCUT2D eigenvalue weighted by atomic mass is 32.2. The van der Waals surface area contributed by atoms with E-state index < -0.39 is 14.9 Å². The number of hydrogen-bond acceptors (Lipinski definition) is 6. The predicted octanol–water partition coefficient (Wildman–Crippen LogP) is 2.26. The molecule has 1 aromatic rings. The Morgan fingerprint density at radius 1 is 1.50 bits per heavy atom. The van der Waals surface area contributed by atoms with Gasteiger partial charge < -0.3 is 5.32 Å². The molecule has 20 heavy (non-hydrogen) atoms. The van der Waals surface area contributed by atoms with Gasteiger partial charge in [0.15, 0.2) is 5.00 Å². The number of rotatable bonds is 7. The summed E-state index contributed by atoms with van der Waals surface area (Å²) < 4.78 is 26.5. The zero-order chi connectivity index (χ0) is 14.9. The van der Waals surface area contributed by atoms with Crippen LogP contribution in [0.2, 0.25) is 0 Å². The second-order valence-electron chi connectivity index (χ2n) is 4.51. The average molecular weight is 319 g/mol. The summed E-state index contributed by atoms with van der Waals surface area (Å²) in [6, 6.07) is 1.21. The van der Waals surface area contributed by atoms with Crippen LogP contribution in [0.3, 0.4) is 0 Å². The molecule has 9 heteroatoms. The summed E-state index contributed by atoms with van der Waals surface area (Å²) in [5.41, 5.74) is -0.178. The van der Waals surface area contributed by atoms with Crippen LogP contribution in [0.5, 0.6) is 0 Å². The molecule has 0 bridgehead atoms. The third-order valence-electron chi connectivity index (χ3n) is 3.05. The van der Waals surface area contributed by atoms with Crippen LogP contribution in [0.4, 0.5) is 10.7 Å². The van der Waals surface area contributed by atoms with Gasteiger partial charge in [-0.3, -0.25) is 10.1 Å². The summed E-state index contributed by atoms with van der Waals surface area (Å²) in [5, 5.41) is 14.1. The molecule has 1 heterocycles. The number of thiophene rings is 1. The van der Waals surface area contributed by atoms with Crippen molar-refractivity contribution in [1.29, 1.82) is 0 Å². The molecule has 0 aromatic carbocycles. The zero-order valence-corrected chi connectivity index (χ0v) is 13.0. The van der Waals surface area contributed by atoms with E-state index in [1.54, 1.807) is 13.8 Å². The Hall–Kier alpha value is -1.19. The van der Waals surface area contributed by atoms with E-state index in [1.807, 2.05) is 0 Å². The molecule has 0 amide bonds. The number of nitro groups is 1. The molecule has 0 spiro atoms. The highest BCUT2D eigenvalue weighted by Crippen LogP contribution is 2.40. The third-order valence-corrected chi connectivity index (χ3v) is 6.61. The molecule has 1 fully saturated rings. The maximum atomic E-state index is 12.5. The lowest BCUT2D eigenvalue weighted by Gasteiger charge is -2.18. The van der Waals surface area contributed by atoms with Gasteiger partial charge in [-0.1, -0.05) is 18.3 Å². The molecule has 1 N–H and O–H groups in total. The van der Waals surface area contributed by atoms with Crippen molar-refractivity contribution in [2.24, 2.45) is 0 Å². The van der Waals surface area contributed by atoms with Gasteiger partial charge in [0, 0.05) is 25.2 Å². The summed E-state index contributed by atoms with van der Waals surface area (Å²) in [6.45, 7) is 4.47. The van der Waals surface area contributed by atoms with Crippen molar-refractivity contribution in [2.45, 2.75) is 36.9 Å². The topological polar surface area (TPSA) is 92.6 Å². The van der Waals surface area contributed by atoms with Gasteiger partial charge in [0.25, 0.3) is 10.0 Å².